The largest absolute Gasteiger partial charge is 0.497 e. The van der Waals surface area contributed by atoms with Crippen LogP contribution in [0, 0.1) is 13.8 Å². The number of carbonyl (C=O) groups excluding carboxylic acids is 2. The van der Waals surface area contributed by atoms with Gasteiger partial charge in [-0.05, 0) is 74.2 Å². The minimum Gasteiger partial charge on any atom is -0.497 e. The standard InChI is InChI=1S/C32H36N2O5/c1-21-9-15-27(22(2)19-21)34(32(36)24-12-16-28-29(20-24)39-18-17-38-28)30(23-10-13-26(37-3)14-11-23)31(35)33-25-7-5-4-6-8-25/h9-16,19-20,25,30H,4-8,17-18H2,1-3H3,(H,33,35)/t30-/m0/s1. The van der Waals surface area contributed by atoms with E-state index in [9.17, 15) is 9.59 Å². The van der Waals surface area contributed by atoms with Crippen LogP contribution in [0.5, 0.6) is 17.2 Å². The molecule has 2 amide bonds. The summed E-state index contributed by atoms with van der Waals surface area (Å²) >= 11 is 0. The van der Waals surface area contributed by atoms with Crippen LogP contribution in [0.2, 0.25) is 0 Å². The van der Waals surface area contributed by atoms with E-state index >= 15 is 0 Å². The third-order valence-electron chi connectivity index (χ3n) is 7.51. The minimum atomic E-state index is -0.889. The molecule has 7 heteroatoms. The Morgan fingerprint density at radius 1 is 0.897 bits per heavy atom. The molecule has 1 heterocycles. The number of anilines is 1. The molecule has 39 heavy (non-hydrogen) atoms. The number of nitrogens with zero attached hydrogens (tertiary/aromatic N) is 1. The Bertz CT molecular complexity index is 1330. The third-order valence-corrected chi connectivity index (χ3v) is 7.51. The summed E-state index contributed by atoms with van der Waals surface area (Å²) in [4.78, 5) is 30.2. The normalized spacial score (nSPS) is 15.8. The molecule has 0 radical (unpaired) electrons. The molecule has 204 valence electrons. The molecular weight excluding hydrogens is 492 g/mol. The molecule has 0 saturated heterocycles. The first kappa shape index (κ1) is 26.6. The molecule has 1 saturated carbocycles. The molecule has 5 rings (SSSR count). The van der Waals surface area contributed by atoms with E-state index in [1.807, 2.05) is 56.3 Å². The van der Waals surface area contributed by atoms with Crippen molar-refractivity contribution in [1.82, 2.24) is 5.32 Å². The highest BCUT2D eigenvalue weighted by Gasteiger charge is 2.36. The number of nitrogens with one attached hydrogen (secondary N) is 1. The van der Waals surface area contributed by atoms with Crippen LogP contribution in [0.3, 0.4) is 0 Å². The van der Waals surface area contributed by atoms with Gasteiger partial charge in [-0.1, -0.05) is 49.1 Å². The van der Waals surface area contributed by atoms with Crippen LogP contribution in [0.4, 0.5) is 5.69 Å². The van der Waals surface area contributed by atoms with Gasteiger partial charge in [0.25, 0.3) is 5.91 Å². The number of fused-ring (bicyclic) bond motifs is 1. The SMILES string of the molecule is COc1ccc([C@@H](C(=O)NC2CCCCC2)N(C(=O)c2ccc3c(c2)OCCO3)c2ccc(C)cc2C)cc1. The zero-order valence-corrected chi connectivity index (χ0v) is 22.9. The van der Waals surface area contributed by atoms with Crippen molar-refractivity contribution in [2.45, 2.75) is 58.0 Å². The second kappa shape index (κ2) is 11.8. The number of amides is 2. The van der Waals surface area contributed by atoms with Crippen LogP contribution in [0.1, 0.15) is 65.2 Å². The number of carbonyl (C=O) groups is 2. The van der Waals surface area contributed by atoms with Crippen LogP contribution < -0.4 is 24.4 Å². The predicted octanol–water partition coefficient (Wildman–Crippen LogP) is 5.92. The smallest absolute Gasteiger partial charge is 0.259 e. The van der Waals surface area contributed by atoms with Gasteiger partial charge < -0.3 is 19.5 Å². The average molecular weight is 529 g/mol. The summed E-state index contributed by atoms with van der Waals surface area (Å²) in [6.07, 6.45) is 5.26. The first-order valence-electron chi connectivity index (χ1n) is 13.7. The van der Waals surface area contributed by atoms with E-state index in [-0.39, 0.29) is 17.9 Å². The summed E-state index contributed by atoms with van der Waals surface area (Å²) in [7, 11) is 1.61. The van der Waals surface area contributed by atoms with E-state index in [2.05, 4.69) is 5.32 Å². The Balaban J connectivity index is 1.61. The van der Waals surface area contributed by atoms with Crippen LogP contribution in [-0.2, 0) is 4.79 Å². The van der Waals surface area contributed by atoms with E-state index in [0.29, 0.717) is 47.3 Å². The summed E-state index contributed by atoms with van der Waals surface area (Å²) in [5.41, 5.74) is 3.79. The van der Waals surface area contributed by atoms with Crippen molar-refractivity contribution in [2.24, 2.45) is 0 Å². The maximum absolute atomic E-state index is 14.4. The molecule has 1 aliphatic heterocycles. The summed E-state index contributed by atoms with van der Waals surface area (Å²) < 4.78 is 16.8. The van der Waals surface area contributed by atoms with Crippen LogP contribution in [0.25, 0.3) is 0 Å². The number of hydrogen-bond acceptors (Lipinski definition) is 5. The highest BCUT2D eigenvalue weighted by Crippen LogP contribution is 2.36. The number of ether oxygens (including phenoxy) is 3. The van der Waals surface area contributed by atoms with Gasteiger partial charge in [0.1, 0.15) is 25.0 Å². The van der Waals surface area contributed by atoms with Gasteiger partial charge in [0.05, 0.1) is 7.11 Å². The maximum atomic E-state index is 14.4. The first-order valence-corrected chi connectivity index (χ1v) is 13.7. The van der Waals surface area contributed by atoms with E-state index in [4.69, 9.17) is 14.2 Å². The highest BCUT2D eigenvalue weighted by molar-refractivity contribution is 6.10. The number of aryl methyl sites for hydroxylation is 2. The predicted molar refractivity (Wildman–Crippen MR) is 151 cm³/mol. The van der Waals surface area contributed by atoms with Gasteiger partial charge in [0.15, 0.2) is 11.5 Å². The zero-order chi connectivity index (χ0) is 27.4. The molecule has 0 unspecified atom stereocenters. The van der Waals surface area contributed by atoms with Crippen molar-refractivity contribution >= 4 is 17.5 Å². The van der Waals surface area contributed by atoms with Crippen molar-refractivity contribution in [3.05, 3.63) is 82.9 Å². The topological polar surface area (TPSA) is 77.1 Å². The Kier molecular flexibility index (Phi) is 8.05. The Labute approximate surface area is 230 Å². The van der Waals surface area contributed by atoms with Gasteiger partial charge >= 0.3 is 0 Å². The molecular formula is C32H36N2O5. The summed E-state index contributed by atoms with van der Waals surface area (Å²) in [5, 5.41) is 3.27. The Hall–Kier alpha value is -4.00. The van der Waals surface area contributed by atoms with E-state index < -0.39 is 6.04 Å². The molecule has 1 fully saturated rings. The first-order chi connectivity index (χ1) is 18.9. The van der Waals surface area contributed by atoms with Crippen molar-refractivity contribution in [2.75, 3.05) is 25.2 Å². The molecule has 0 spiro atoms. The van der Waals surface area contributed by atoms with Crippen molar-refractivity contribution in [1.29, 1.82) is 0 Å². The number of rotatable bonds is 7. The second-order valence-electron chi connectivity index (χ2n) is 10.3. The van der Waals surface area contributed by atoms with Crippen LogP contribution >= 0.6 is 0 Å². The average Bonchev–Trinajstić information content (AvgIpc) is 2.96. The Morgan fingerprint density at radius 2 is 1.62 bits per heavy atom. The van der Waals surface area contributed by atoms with E-state index in [1.54, 1.807) is 30.2 Å². The zero-order valence-electron chi connectivity index (χ0n) is 22.9. The van der Waals surface area contributed by atoms with E-state index in [1.165, 1.54) is 6.42 Å². The molecule has 0 bridgehead atoms. The van der Waals surface area contributed by atoms with Crippen LogP contribution in [-0.4, -0.2) is 38.2 Å². The monoisotopic (exact) mass is 528 g/mol. The van der Waals surface area contributed by atoms with Gasteiger partial charge in [-0.2, -0.15) is 0 Å². The van der Waals surface area contributed by atoms with Gasteiger partial charge in [0.2, 0.25) is 5.91 Å². The lowest BCUT2D eigenvalue weighted by Gasteiger charge is -2.34. The molecule has 3 aromatic rings. The summed E-state index contributed by atoms with van der Waals surface area (Å²) in [6.45, 7) is 4.87. The van der Waals surface area contributed by atoms with Crippen LogP contribution in [0.15, 0.2) is 60.7 Å². The molecule has 0 aromatic heterocycles. The molecule has 1 atom stereocenters. The quantitative estimate of drug-likeness (QED) is 0.412. The third kappa shape index (κ3) is 5.87. The van der Waals surface area contributed by atoms with Gasteiger partial charge in [-0.3, -0.25) is 14.5 Å². The highest BCUT2D eigenvalue weighted by atomic mass is 16.6. The second-order valence-corrected chi connectivity index (χ2v) is 10.3. The summed E-state index contributed by atoms with van der Waals surface area (Å²) in [5.74, 6) is 1.33. The molecule has 3 aromatic carbocycles. The van der Waals surface area contributed by atoms with E-state index in [0.717, 1.165) is 36.8 Å². The summed E-state index contributed by atoms with van der Waals surface area (Å²) in [6, 6.07) is 17.7. The molecule has 1 N–H and O–H groups in total. The lowest BCUT2D eigenvalue weighted by Crippen LogP contribution is -2.47. The fourth-order valence-electron chi connectivity index (χ4n) is 5.49. The molecule has 7 nitrogen and oxygen atoms in total. The number of hydrogen-bond donors (Lipinski definition) is 1. The van der Waals surface area contributed by atoms with Crippen molar-refractivity contribution in [3.63, 3.8) is 0 Å². The number of methoxy groups -OCH3 is 1. The number of benzene rings is 3. The molecule has 1 aliphatic carbocycles. The minimum absolute atomic E-state index is 0.0948. The lowest BCUT2D eigenvalue weighted by molar-refractivity contribution is -0.123. The van der Waals surface area contributed by atoms with Crippen molar-refractivity contribution < 1.29 is 23.8 Å². The fraction of sp³-hybridized carbons (Fsp3) is 0.375. The maximum Gasteiger partial charge on any atom is 0.259 e. The molecule has 2 aliphatic rings. The van der Waals surface area contributed by atoms with Gasteiger partial charge in [-0.15, -0.1) is 0 Å². The lowest BCUT2D eigenvalue weighted by atomic mass is 9.94. The Morgan fingerprint density at radius 3 is 2.31 bits per heavy atom. The van der Waals surface area contributed by atoms with Crippen molar-refractivity contribution in [3.8, 4) is 17.2 Å². The van der Waals surface area contributed by atoms with Gasteiger partial charge in [-0.25, -0.2) is 0 Å². The fourth-order valence-corrected chi connectivity index (χ4v) is 5.49. The van der Waals surface area contributed by atoms with Gasteiger partial charge in [0, 0.05) is 17.3 Å².